The fourth-order valence-electron chi connectivity index (χ4n) is 2.42. The van der Waals surface area contributed by atoms with Crippen LogP contribution in [0.3, 0.4) is 0 Å². The van der Waals surface area contributed by atoms with Gasteiger partial charge in [0.2, 0.25) is 0 Å². The zero-order chi connectivity index (χ0) is 19.2. The highest BCUT2D eigenvalue weighted by Crippen LogP contribution is 2.27. The van der Waals surface area contributed by atoms with Gasteiger partial charge in [-0.1, -0.05) is 12.1 Å². The molecule has 1 aromatic heterocycles. The molecule has 0 fully saturated rings. The summed E-state index contributed by atoms with van der Waals surface area (Å²) in [6.45, 7) is 1.52. The summed E-state index contributed by atoms with van der Waals surface area (Å²) >= 11 is 1.40. The van der Waals surface area contributed by atoms with Crippen LogP contribution in [0, 0.1) is 11.3 Å². The van der Waals surface area contributed by atoms with Crippen LogP contribution < -0.4 is 10.1 Å². The molecular formula is C21H17N3O2S. The number of nitrogens with zero attached hydrogens (tertiary/aromatic N) is 2. The van der Waals surface area contributed by atoms with Crippen molar-refractivity contribution < 1.29 is 9.53 Å². The van der Waals surface area contributed by atoms with Crippen LogP contribution in [0.4, 0.5) is 5.69 Å². The van der Waals surface area contributed by atoms with Gasteiger partial charge in [-0.05, 0) is 43.3 Å². The number of hydrogen-bond acceptors (Lipinski definition) is 6. The Morgan fingerprint density at radius 2 is 2.04 bits per heavy atom. The quantitative estimate of drug-likeness (QED) is 0.485. The number of ether oxygens (including phenoxy) is 1. The monoisotopic (exact) mass is 375 g/mol. The molecule has 5 nitrogen and oxygen atoms in total. The number of methoxy groups -OCH3 is 1. The molecular weight excluding hydrogens is 358 g/mol. The second-order valence-electron chi connectivity index (χ2n) is 5.72. The van der Waals surface area contributed by atoms with Crippen LogP contribution in [0.5, 0.6) is 5.75 Å². The van der Waals surface area contributed by atoms with Crippen molar-refractivity contribution >= 4 is 28.4 Å². The van der Waals surface area contributed by atoms with E-state index < -0.39 is 0 Å². The van der Waals surface area contributed by atoms with Crippen molar-refractivity contribution in [2.24, 2.45) is 0 Å². The van der Waals surface area contributed by atoms with E-state index >= 15 is 0 Å². The van der Waals surface area contributed by atoms with Crippen molar-refractivity contribution in [2.75, 3.05) is 12.4 Å². The number of carbonyl (C=O) groups is 1. The Kier molecular flexibility index (Phi) is 5.64. The van der Waals surface area contributed by atoms with Gasteiger partial charge >= 0.3 is 0 Å². The molecule has 2 aromatic carbocycles. The van der Waals surface area contributed by atoms with Crippen LogP contribution in [-0.4, -0.2) is 17.9 Å². The van der Waals surface area contributed by atoms with Crippen LogP contribution in [-0.2, 0) is 0 Å². The van der Waals surface area contributed by atoms with Gasteiger partial charge in [0.05, 0.1) is 12.8 Å². The predicted octanol–water partition coefficient (Wildman–Crippen LogP) is 5.00. The maximum atomic E-state index is 11.5. The lowest BCUT2D eigenvalue weighted by atomic mass is 10.1. The number of aromatic nitrogens is 1. The number of ketones is 1. The minimum absolute atomic E-state index is 0.00723. The number of allylic oxidation sites excluding steroid dienone is 1. The van der Waals surface area contributed by atoms with E-state index in [9.17, 15) is 10.1 Å². The second-order valence-corrected chi connectivity index (χ2v) is 6.58. The maximum Gasteiger partial charge on any atom is 0.159 e. The molecule has 0 bridgehead atoms. The minimum atomic E-state index is -0.00723. The van der Waals surface area contributed by atoms with Gasteiger partial charge in [-0.15, -0.1) is 11.3 Å². The molecule has 1 heterocycles. The summed E-state index contributed by atoms with van der Waals surface area (Å²) in [5.74, 6) is 0.774. The number of nitriles is 1. The van der Waals surface area contributed by atoms with Crippen molar-refractivity contribution in [3.05, 3.63) is 70.7 Å². The summed E-state index contributed by atoms with van der Waals surface area (Å²) in [7, 11) is 1.62. The summed E-state index contributed by atoms with van der Waals surface area (Å²) in [5.41, 5.74) is 3.54. The van der Waals surface area contributed by atoms with Crippen LogP contribution in [0.25, 0.3) is 16.8 Å². The number of benzene rings is 2. The Hall–Kier alpha value is -3.43. The third-order valence-corrected chi connectivity index (χ3v) is 4.77. The van der Waals surface area contributed by atoms with Crippen molar-refractivity contribution in [1.82, 2.24) is 4.98 Å². The van der Waals surface area contributed by atoms with Gasteiger partial charge in [-0.3, -0.25) is 4.79 Å². The molecule has 6 heteroatoms. The normalized spacial score (nSPS) is 10.9. The number of anilines is 1. The third kappa shape index (κ3) is 4.40. The molecule has 0 aliphatic rings. The lowest BCUT2D eigenvalue weighted by Gasteiger charge is -2.03. The first-order valence-electron chi connectivity index (χ1n) is 8.19. The molecule has 0 aliphatic carbocycles. The Morgan fingerprint density at radius 3 is 2.70 bits per heavy atom. The number of hydrogen-bond donors (Lipinski definition) is 1. The van der Waals surface area contributed by atoms with Gasteiger partial charge in [0.25, 0.3) is 0 Å². The van der Waals surface area contributed by atoms with Crippen molar-refractivity contribution in [3.8, 4) is 23.1 Å². The molecule has 134 valence electrons. The van der Waals surface area contributed by atoms with Gasteiger partial charge in [0.1, 0.15) is 22.4 Å². The molecule has 0 aliphatic heterocycles. The molecule has 3 aromatic rings. The minimum Gasteiger partial charge on any atom is -0.497 e. The highest BCUT2D eigenvalue weighted by atomic mass is 32.1. The zero-order valence-electron chi connectivity index (χ0n) is 14.9. The van der Waals surface area contributed by atoms with E-state index in [1.165, 1.54) is 18.3 Å². The van der Waals surface area contributed by atoms with Crippen LogP contribution in [0.1, 0.15) is 22.3 Å². The number of thiazole rings is 1. The zero-order valence-corrected chi connectivity index (χ0v) is 15.7. The van der Waals surface area contributed by atoms with Crippen LogP contribution in [0.15, 0.2) is 60.1 Å². The molecule has 0 unspecified atom stereocenters. The number of nitrogens with one attached hydrogen (secondary N) is 1. The maximum absolute atomic E-state index is 11.5. The van der Waals surface area contributed by atoms with Crippen LogP contribution >= 0.6 is 11.3 Å². The topological polar surface area (TPSA) is 75.0 Å². The fraction of sp³-hybridized carbons (Fsp3) is 0.0952. The van der Waals surface area contributed by atoms with Gasteiger partial charge in [0, 0.05) is 28.4 Å². The number of carbonyl (C=O) groups excluding carboxylic acids is 1. The average molecular weight is 375 g/mol. The average Bonchev–Trinajstić information content (AvgIpc) is 3.19. The summed E-state index contributed by atoms with van der Waals surface area (Å²) in [5, 5.41) is 15.1. The van der Waals surface area contributed by atoms with Crippen molar-refractivity contribution in [1.29, 1.82) is 5.26 Å². The van der Waals surface area contributed by atoms with Crippen molar-refractivity contribution in [3.63, 3.8) is 0 Å². The van der Waals surface area contributed by atoms with E-state index in [-0.39, 0.29) is 5.78 Å². The van der Waals surface area contributed by atoms with E-state index in [0.717, 1.165) is 22.7 Å². The second kappa shape index (κ2) is 8.30. The molecule has 27 heavy (non-hydrogen) atoms. The number of rotatable bonds is 6. The first-order chi connectivity index (χ1) is 13.1. The fourth-order valence-corrected chi connectivity index (χ4v) is 3.21. The van der Waals surface area contributed by atoms with E-state index in [1.54, 1.807) is 31.5 Å². The number of Topliss-reactive ketones (excluding diaryl/α,β-unsaturated/α-hetero) is 1. The van der Waals surface area contributed by atoms with Gasteiger partial charge in [-0.25, -0.2) is 4.98 Å². The first-order valence-corrected chi connectivity index (χ1v) is 9.07. The molecule has 0 saturated heterocycles. The summed E-state index contributed by atoms with van der Waals surface area (Å²) < 4.78 is 5.16. The first kappa shape index (κ1) is 18.4. The molecule has 0 saturated carbocycles. The lowest BCUT2D eigenvalue weighted by molar-refractivity contribution is 0.101. The predicted molar refractivity (Wildman–Crippen MR) is 108 cm³/mol. The molecule has 0 radical (unpaired) electrons. The largest absolute Gasteiger partial charge is 0.497 e. The molecule has 1 N–H and O–H groups in total. The standard InChI is InChI=1S/C21H17N3O2S/c1-14(25)16-4-3-5-18(10-16)23-12-17(11-22)21-24-20(13-27-21)15-6-8-19(26-2)9-7-15/h3-10,12-13,23H,1-2H3/b17-12-. The van der Waals surface area contributed by atoms with Crippen LogP contribution in [0.2, 0.25) is 0 Å². The highest BCUT2D eigenvalue weighted by molar-refractivity contribution is 7.11. The van der Waals surface area contributed by atoms with Gasteiger partial charge in [0.15, 0.2) is 5.78 Å². The van der Waals surface area contributed by atoms with E-state index in [1.807, 2.05) is 35.7 Å². The third-order valence-electron chi connectivity index (χ3n) is 3.89. The summed E-state index contributed by atoms with van der Waals surface area (Å²) in [6, 6.07) is 16.9. The summed E-state index contributed by atoms with van der Waals surface area (Å²) in [4.78, 5) is 16.0. The Labute approximate surface area is 161 Å². The smallest absolute Gasteiger partial charge is 0.159 e. The van der Waals surface area contributed by atoms with E-state index in [2.05, 4.69) is 16.4 Å². The molecule has 0 amide bonds. The lowest BCUT2D eigenvalue weighted by Crippen LogP contribution is -1.95. The summed E-state index contributed by atoms with van der Waals surface area (Å²) in [6.07, 6.45) is 1.61. The van der Waals surface area contributed by atoms with Crippen molar-refractivity contribution in [2.45, 2.75) is 6.92 Å². The van der Waals surface area contributed by atoms with Gasteiger partial charge in [-0.2, -0.15) is 5.26 Å². The molecule has 3 rings (SSSR count). The Bertz CT molecular complexity index is 1030. The van der Waals surface area contributed by atoms with E-state index in [4.69, 9.17) is 4.74 Å². The SMILES string of the molecule is COc1ccc(-c2csc(/C(C#N)=C\Nc3cccc(C(C)=O)c3)n2)cc1. The van der Waals surface area contributed by atoms with E-state index in [0.29, 0.717) is 16.1 Å². The Morgan fingerprint density at radius 1 is 1.26 bits per heavy atom. The molecule has 0 atom stereocenters. The Balaban J connectivity index is 1.80. The highest BCUT2D eigenvalue weighted by Gasteiger charge is 2.09. The molecule has 0 spiro atoms. The van der Waals surface area contributed by atoms with Gasteiger partial charge < -0.3 is 10.1 Å².